The van der Waals surface area contributed by atoms with E-state index in [0.29, 0.717) is 24.9 Å². The van der Waals surface area contributed by atoms with Crippen molar-refractivity contribution in [1.82, 2.24) is 0 Å². The number of aliphatic hydroxyl groups is 2. The number of rotatable bonds is 6. The predicted octanol–water partition coefficient (Wildman–Crippen LogP) is 5.77. The summed E-state index contributed by atoms with van der Waals surface area (Å²) < 4.78 is 24.6. The number of aliphatic imine (C=N–C) groups is 1. The molecule has 3 fully saturated rings. The Balaban J connectivity index is 1.50. The summed E-state index contributed by atoms with van der Waals surface area (Å²) in [6.45, 7) is 6.06. The van der Waals surface area contributed by atoms with Gasteiger partial charge in [-0.25, -0.2) is 14.2 Å². The first-order valence-electron chi connectivity index (χ1n) is 14.7. The van der Waals surface area contributed by atoms with E-state index < -0.39 is 28.7 Å². The van der Waals surface area contributed by atoms with Crippen LogP contribution in [0.15, 0.2) is 52.7 Å². The highest BCUT2D eigenvalue weighted by Crippen LogP contribution is 2.69. The average Bonchev–Trinajstić information content (AvgIpc) is 3.24. The molecule has 1 aromatic carbocycles. The van der Waals surface area contributed by atoms with Crippen LogP contribution in [0.3, 0.4) is 0 Å². The zero-order chi connectivity index (χ0) is 30.3. The summed E-state index contributed by atoms with van der Waals surface area (Å²) in [6, 6.07) is 8.10. The van der Waals surface area contributed by atoms with E-state index in [1.165, 1.54) is 17.7 Å². The zero-order valence-electron chi connectivity index (χ0n) is 24.4. The molecule has 0 aliphatic heterocycles. The first-order chi connectivity index (χ1) is 20.0. The molecule has 3 saturated carbocycles. The van der Waals surface area contributed by atoms with Crippen LogP contribution in [0.1, 0.15) is 59.3 Å². The number of carbonyl (C=O) groups excluding carboxylic acids is 1. The molecule has 1 aromatic rings. The number of benzene rings is 1. The predicted molar refractivity (Wildman–Crippen MR) is 159 cm³/mol. The third kappa shape index (κ3) is 4.93. The Kier molecular flexibility index (Phi) is 8.49. The fourth-order valence-electron chi connectivity index (χ4n) is 8.78. The Morgan fingerprint density at radius 3 is 2.74 bits per heavy atom. The van der Waals surface area contributed by atoms with Crippen LogP contribution < -0.4 is 5.73 Å². The van der Waals surface area contributed by atoms with Crippen molar-refractivity contribution in [2.75, 3.05) is 12.4 Å². The van der Waals surface area contributed by atoms with Crippen LogP contribution in [0, 0.1) is 45.7 Å². The summed E-state index contributed by atoms with van der Waals surface area (Å²) >= 11 is 1.06. The average molecular weight is 598 g/mol. The summed E-state index contributed by atoms with van der Waals surface area (Å²) in [7, 11) is 0. The second kappa shape index (κ2) is 11.7. The van der Waals surface area contributed by atoms with Crippen molar-refractivity contribution in [3.05, 3.63) is 53.5 Å². The quantitative estimate of drug-likeness (QED) is 0.278. The number of hydrogen-bond donors (Lipinski definition) is 3. The summed E-state index contributed by atoms with van der Waals surface area (Å²) in [5.41, 5.74) is 6.11. The van der Waals surface area contributed by atoms with Gasteiger partial charge in [-0.05, 0) is 111 Å². The first-order valence-corrected chi connectivity index (χ1v) is 15.7. The van der Waals surface area contributed by atoms with Crippen molar-refractivity contribution in [2.45, 2.75) is 76.4 Å². The van der Waals surface area contributed by atoms with Crippen LogP contribution in [0.25, 0.3) is 0 Å². The van der Waals surface area contributed by atoms with Gasteiger partial charge in [0.15, 0.2) is 5.60 Å². The maximum absolute atomic E-state index is 13.5. The SMILES string of the molecule is CCOC(=O)OC1(C(O)SCC#N)CCC2C3CCC4=CC(=Nc5ccc(F)cc5)C(=CN)CC4(C)C3C(O)CC21C. The normalized spacial score (nSPS) is 38.1. The van der Waals surface area contributed by atoms with E-state index in [1.807, 2.05) is 6.92 Å². The van der Waals surface area contributed by atoms with Crippen LogP contribution in [0.5, 0.6) is 0 Å². The highest BCUT2D eigenvalue weighted by Gasteiger charge is 2.70. The number of thioether (sulfide) groups is 1. The minimum Gasteiger partial charge on any atom is -0.435 e. The highest BCUT2D eigenvalue weighted by molar-refractivity contribution is 8.00. The Bertz CT molecular complexity index is 1340. The Morgan fingerprint density at radius 1 is 1.33 bits per heavy atom. The first kappa shape index (κ1) is 30.6. The second-order valence-corrected chi connectivity index (χ2v) is 13.6. The van der Waals surface area contributed by atoms with Crippen LogP contribution >= 0.6 is 11.8 Å². The van der Waals surface area contributed by atoms with Gasteiger partial charge in [0.05, 0.1) is 35.9 Å². The van der Waals surface area contributed by atoms with Crippen molar-refractivity contribution < 1.29 is 28.9 Å². The van der Waals surface area contributed by atoms with Crippen molar-refractivity contribution in [2.24, 2.45) is 39.3 Å². The number of nitriles is 1. The minimum atomic E-state index is -1.29. The molecule has 8 nitrogen and oxygen atoms in total. The molecule has 0 amide bonds. The van der Waals surface area contributed by atoms with Gasteiger partial charge in [0, 0.05) is 5.41 Å². The molecule has 0 radical (unpaired) electrons. The van der Waals surface area contributed by atoms with Gasteiger partial charge in [-0.15, -0.1) is 11.8 Å². The topological polar surface area (TPSA) is 138 Å². The van der Waals surface area contributed by atoms with Gasteiger partial charge in [-0.2, -0.15) is 5.26 Å². The lowest BCUT2D eigenvalue weighted by Gasteiger charge is -2.61. The van der Waals surface area contributed by atoms with Crippen molar-refractivity contribution in [3.63, 3.8) is 0 Å². The molecule has 8 unspecified atom stereocenters. The standard InChI is InChI=1S/C32H40FN3O5S/c1-4-40-29(39)41-32(28(38)42-14-13-34)12-11-24-23-10-5-20-15-25(36-22-8-6-21(33)7-9-22)19(18-35)16-30(20,2)27(23)26(37)17-31(24,32)3/h6-9,15,18,23-24,26-28,37-38H,4-5,10-12,14,16-17,35H2,1-3H3. The third-order valence-electron chi connectivity index (χ3n) is 10.6. The number of ether oxygens (including phenoxy) is 2. The van der Waals surface area contributed by atoms with Gasteiger partial charge in [0.25, 0.3) is 0 Å². The van der Waals surface area contributed by atoms with Gasteiger partial charge in [-0.3, -0.25) is 0 Å². The number of halogens is 1. The fourth-order valence-corrected chi connectivity index (χ4v) is 9.72. The van der Waals surface area contributed by atoms with Gasteiger partial charge >= 0.3 is 6.16 Å². The molecule has 0 aromatic heterocycles. The lowest BCUT2D eigenvalue weighted by atomic mass is 9.45. The molecular weight excluding hydrogens is 557 g/mol. The lowest BCUT2D eigenvalue weighted by Crippen LogP contribution is -2.63. The Hall–Kier alpha value is -2.87. The molecular formula is C32H40FN3O5S. The number of carbonyl (C=O) groups is 1. The summed E-state index contributed by atoms with van der Waals surface area (Å²) in [5.74, 6) is -0.140. The van der Waals surface area contributed by atoms with E-state index in [9.17, 15) is 24.7 Å². The minimum absolute atomic E-state index is 0.0483. The molecule has 10 heteroatoms. The van der Waals surface area contributed by atoms with E-state index in [-0.39, 0.29) is 41.3 Å². The molecule has 5 rings (SSSR count). The maximum Gasteiger partial charge on any atom is 0.508 e. The highest BCUT2D eigenvalue weighted by atomic mass is 32.2. The zero-order valence-corrected chi connectivity index (χ0v) is 25.2. The number of hydrogen-bond acceptors (Lipinski definition) is 9. The fraction of sp³-hybridized carbons (Fsp3) is 0.594. The van der Waals surface area contributed by atoms with E-state index in [1.54, 1.807) is 25.3 Å². The number of fused-ring (bicyclic) bond motifs is 5. The lowest BCUT2D eigenvalue weighted by molar-refractivity contribution is -0.193. The van der Waals surface area contributed by atoms with Crippen LogP contribution in [0.2, 0.25) is 0 Å². The summed E-state index contributed by atoms with van der Waals surface area (Å²) in [4.78, 5) is 17.5. The molecule has 0 bridgehead atoms. The second-order valence-electron chi connectivity index (χ2n) is 12.5. The van der Waals surface area contributed by atoms with Gasteiger partial charge in [0.2, 0.25) is 0 Å². The molecule has 0 spiro atoms. The maximum atomic E-state index is 13.5. The summed E-state index contributed by atoms with van der Waals surface area (Å²) in [6.07, 6.45) is 5.85. The Labute approximate surface area is 250 Å². The molecule has 4 aliphatic rings. The summed E-state index contributed by atoms with van der Waals surface area (Å²) in [5, 5.41) is 32.6. The number of nitrogens with zero attached hydrogens (tertiary/aromatic N) is 2. The Morgan fingerprint density at radius 2 is 2.07 bits per heavy atom. The monoisotopic (exact) mass is 597 g/mol. The van der Waals surface area contributed by atoms with E-state index in [4.69, 9.17) is 20.2 Å². The van der Waals surface area contributed by atoms with Crippen molar-refractivity contribution >= 4 is 29.3 Å². The number of aliphatic hydroxyl groups excluding tert-OH is 2. The molecule has 0 saturated heterocycles. The van der Waals surface area contributed by atoms with Gasteiger partial charge < -0.3 is 25.4 Å². The molecule has 4 N–H and O–H groups in total. The van der Waals surface area contributed by atoms with Gasteiger partial charge in [-0.1, -0.05) is 19.4 Å². The van der Waals surface area contributed by atoms with E-state index in [2.05, 4.69) is 19.1 Å². The molecule has 4 aliphatic carbocycles. The number of allylic oxidation sites excluding steroid dienone is 3. The third-order valence-corrected chi connectivity index (χ3v) is 11.6. The van der Waals surface area contributed by atoms with Crippen LogP contribution in [-0.4, -0.2) is 51.6 Å². The van der Waals surface area contributed by atoms with Crippen molar-refractivity contribution in [3.8, 4) is 6.07 Å². The van der Waals surface area contributed by atoms with Gasteiger partial charge in [0.1, 0.15) is 11.3 Å². The molecule has 8 atom stereocenters. The smallest absolute Gasteiger partial charge is 0.435 e. The largest absolute Gasteiger partial charge is 0.508 e. The number of nitrogens with two attached hydrogens (primary N) is 1. The van der Waals surface area contributed by atoms with Crippen LogP contribution in [0.4, 0.5) is 14.9 Å². The van der Waals surface area contributed by atoms with Crippen molar-refractivity contribution in [1.29, 1.82) is 5.26 Å². The van der Waals surface area contributed by atoms with Crippen LogP contribution in [-0.2, 0) is 9.47 Å². The van der Waals surface area contributed by atoms with E-state index >= 15 is 0 Å². The molecule has 42 heavy (non-hydrogen) atoms. The molecule has 226 valence electrons. The molecule has 0 heterocycles. The van der Waals surface area contributed by atoms with E-state index in [0.717, 1.165) is 42.3 Å².